The van der Waals surface area contributed by atoms with E-state index in [1.165, 1.54) is 11.3 Å². The number of hydrogen-bond acceptors (Lipinski definition) is 6. The van der Waals surface area contributed by atoms with Gasteiger partial charge in [0.2, 0.25) is 0 Å². The minimum Gasteiger partial charge on any atom is -0.496 e. The number of esters is 1. The first-order valence-electron chi connectivity index (χ1n) is 11.3. The molecule has 0 saturated carbocycles. The molecule has 0 fully saturated rings. The van der Waals surface area contributed by atoms with Crippen LogP contribution in [0.1, 0.15) is 31.0 Å². The maximum atomic E-state index is 13.8. The molecule has 0 spiro atoms. The molecule has 1 unspecified atom stereocenters. The first kappa shape index (κ1) is 22.8. The van der Waals surface area contributed by atoms with Crippen LogP contribution in [-0.2, 0) is 9.53 Å². The number of allylic oxidation sites excluding steroid dienone is 1. The number of carbonyl (C=O) groups is 1. The Morgan fingerprint density at radius 1 is 1.09 bits per heavy atom. The Kier molecular flexibility index (Phi) is 6.09. The van der Waals surface area contributed by atoms with Gasteiger partial charge in [0.15, 0.2) is 4.80 Å². The lowest BCUT2D eigenvalue weighted by molar-refractivity contribution is -0.139. The first-order chi connectivity index (χ1) is 17.0. The molecule has 0 saturated heterocycles. The summed E-state index contributed by atoms with van der Waals surface area (Å²) in [6, 6.07) is 20.7. The SMILES string of the molecule is CCOC(=O)C1=C(C)N=c2s/c(=C\c3ccccc3OC)c(=O)n2C1c1cccc2ccccc12. The zero-order chi connectivity index (χ0) is 24.5. The molecule has 4 aromatic rings. The van der Waals surface area contributed by atoms with Gasteiger partial charge in [-0.1, -0.05) is 72.0 Å². The number of nitrogens with zero attached hydrogens (tertiary/aromatic N) is 2. The van der Waals surface area contributed by atoms with Gasteiger partial charge in [-0.15, -0.1) is 0 Å². The smallest absolute Gasteiger partial charge is 0.338 e. The van der Waals surface area contributed by atoms with Crippen molar-refractivity contribution in [1.82, 2.24) is 4.57 Å². The van der Waals surface area contributed by atoms with E-state index in [0.717, 1.165) is 21.9 Å². The van der Waals surface area contributed by atoms with E-state index in [-0.39, 0.29) is 12.2 Å². The van der Waals surface area contributed by atoms with E-state index in [1.807, 2.05) is 72.8 Å². The Morgan fingerprint density at radius 3 is 2.63 bits per heavy atom. The zero-order valence-electron chi connectivity index (χ0n) is 19.6. The van der Waals surface area contributed by atoms with Crippen LogP contribution in [0.25, 0.3) is 16.8 Å². The van der Waals surface area contributed by atoms with Crippen LogP contribution in [0.15, 0.2) is 87.8 Å². The second-order valence-corrected chi connectivity index (χ2v) is 9.12. The van der Waals surface area contributed by atoms with E-state index in [2.05, 4.69) is 4.99 Å². The van der Waals surface area contributed by atoms with E-state index in [0.29, 0.717) is 26.4 Å². The fourth-order valence-corrected chi connectivity index (χ4v) is 5.54. The van der Waals surface area contributed by atoms with Crippen LogP contribution >= 0.6 is 11.3 Å². The van der Waals surface area contributed by atoms with Gasteiger partial charge >= 0.3 is 5.97 Å². The number of fused-ring (bicyclic) bond motifs is 2. The molecule has 0 bridgehead atoms. The van der Waals surface area contributed by atoms with Gasteiger partial charge in [0, 0.05) is 5.56 Å². The third-order valence-corrected chi connectivity index (χ3v) is 7.04. The van der Waals surface area contributed by atoms with Gasteiger partial charge in [0.25, 0.3) is 5.56 Å². The van der Waals surface area contributed by atoms with E-state index >= 15 is 0 Å². The summed E-state index contributed by atoms with van der Waals surface area (Å²) in [5.74, 6) is 0.207. The summed E-state index contributed by atoms with van der Waals surface area (Å²) >= 11 is 1.30. The number of para-hydroxylation sites is 1. The molecule has 0 amide bonds. The highest BCUT2D eigenvalue weighted by atomic mass is 32.1. The summed E-state index contributed by atoms with van der Waals surface area (Å²) in [6.07, 6.45) is 1.81. The molecule has 0 aliphatic carbocycles. The van der Waals surface area contributed by atoms with Crippen LogP contribution in [0.5, 0.6) is 5.75 Å². The lowest BCUT2D eigenvalue weighted by Crippen LogP contribution is -2.40. The Morgan fingerprint density at radius 2 is 1.83 bits per heavy atom. The van der Waals surface area contributed by atoms with Crippen molar-refractivity contribution in [3.8, 4) is 5.75 Å². The van der Waals surface area contributed by atoms with Gasteiger partial charge in [-0.3, -0.25) is 9.36 Å². The Bertz CT molecular complexity index is 1660. The fourth-order valence-electron chi connectivity index (χ4n) is 4.50. The predicted octanol–water partition coefficient (Wildman–Crippen LogP) is 3.96. The summed E-state index contributed by atoms with van der Waals surface area (Å²) < 4.78 is 13.0. The molecule has 3 aromatic carbocycles. The molecule has 5 rings (SSSR count). The second-order valence-electron chi connectivity index (χ2n) is 8.11. The van der Waals surface area contributed by atoms with Crippen LogP contribution in [0.3, 0.4) is 0 Å². The number of carbonyl (C=O) groups excluding carboxylic acids is 1. The number of hydrogen-bond donors (Lipinski definition) is 0. The van der Waals surface area contributed by atoms with E-state index in [9.17, 15) is 9.59 Å². The Hall–Kier alpha value is -3.97. The monoisotopic (exact) mass is 484 g/mol. The molecule has 2 heterocycles. The van der Waals surface area contributed by atoms with Crippen molar-refractivity contribution in [3.63, 3.8) is 0 Å². The summed E-state index contributed by atoms with van der Waals surface area (Å²) in [7, 11) is 1.60. The quantitative estimate of drug-likeness (QED) is 0.402. The Balaban J connectivity index is 1.81. The number of methoxy groups -OCH3 is 1. The number of aromatic nitrogens is 1. The van der Waals surface area contributed by atoms with E-state index in [1.54, 1.807) is 25.5 Å². The third-order valence-electron chi connectivity index (χ3n) is 6.06. The van der Waals surface area contributed by atoms with Gasteiger partial charge < -0.3 is 9.47 Å². The zero-order valence-corrected chi connectivity index (χ0v) is 20.5. The van der Waals surface area contributed by atoms with Crippen molar-refractivity contribution in [2.75, 3.05) is 13.7 Å². The standard InChI is InChI=1S/C28H24N2O4S/c1-4-34-27(32)24-17(2)29-28-30(25(24)21-14-9-12-18-10-5-7-13-20(18)21)26(31)23(35-28)16-19-11-6-8-15-22(19)33-3/h5-16,25H,4H2,1-3H3/b23-16-. The fraction of sp³-hybridized carbons (Fsp3) is 0.179. The molecule has 6 nitrogen and oxygen atoms in total. The molecule has 1 aromatic heterocycles. The highest BCUT2D eigenvalue weighted by Crippen LogP contribution is 2.34. The predicted molar refractivity (Wildman–Crippen MR) is 137 cm³/mol. The molecule has 0 radical (unpaired) electrons. The summed E-state index contributed by atoms with van der Waals surface area (Å²) in [4.78, 5) is 32.2. The average Bonchev–Trinajstić information content (AvgIpc) is 3.17. The van der Waals surface area contributed by atoms with Crippen LogP contribution in [-0.4, -0.2) is 24.3 Å². The highest BCUT2D eigenvalue weighted by molar-refractivity contribution is 7.07. The highest BCUT2D eigenvalue weighted by Gasteiger charge is 2.34. The summed E-state index contributed by atoms with van der Waals surface area (Å²) in [5, 5.41) is 2.00. The van der Waals surface area contributed by atoms with E-state index < -0.39 is 12.0 Å². The number of ether oxygens (including phenoxy) is 2. The van der Waals surface area contributed by atoms with Crippen LogP contribution in [0.4, 0.5) is 0 Å². The van der Waals surface area contributed by atoms with Crippen molar-refractivity contribution >= 4 is 34.2 Å². The molecular weight excluding hydrogens is 460 g/mol. The van der Waals surface area contributed by atoms with Gasteiger partial charge in [-0.2, -0.15) is 0 Å². The van der Waals surface area contributed by atoms with Gasteiger partial charge in [0.05, 0.1) is 35.6 Å². The molecule has 1 aliphatic rings. The maximum absolute atomic E-state index is 13.8. The van der Waals surface area contributed by atoms with Crippen molar-refractivity contribution in [1.29, 1.82) is 0 Å². The van der Waals surface area contributed by atoms with Crippen molar-refractivity contribution in [2.24, 2.45) is 4.99 Å². The normalized spacial score (nSPS) is 15.6. The van der Waals surface area contributed by atoms with Crippen LogP contribution in [0, 0.1) is 0 Å². The largest absolute Gasteiger partial charge is 0.496 e. The van der Waals surface area contributed by atoms with Crippen molar-refractivity contribution in [3.05, 3.63) is 109 Å². The molecule has 7 heteroatoms. The molecule has 35 heavy (non-hydrogen) atoms. The number of thiazole rings is 1. The topological polar surface area (TPSA) is 69.9 Å². The first-order valence-corrected chi connectivity index (χ1v) is 12.2. The number of rotatable bonds is 5. The third kappa shape index (κ3) is 3.98. The van der Waals surface area contributed by atoms with Crippen LogP contribution < -0.4 is 19.6 Å². The van der Waals surface area contributed by atoms with Crippen LogP contribution in [0.2, 0.25) is 0 Å². The Labute approximate surface area is 206 Å². The molecule has 1 aliphatic heterocycles. The van der Waals surface area contributed by atoms with Crippen molar-refractivity contribution < 1.29 is 14.3 Å². The molecule has 0 N–H and O–H groups in total. The minimum absolute atomic E-state index is 0.216. The van der Waals surface area contributed by atoms with Crippen molar-refractivity contribution in [2.45, 2.75) is 19.9 Å². The lowest BCUT2D eigenvalue weighted by atomic mass is 9.91. The average molecular weight is 485 g/mol. The maximum Gasteiger partial charge on any atom is 0.338 e. The lowest BCUT2D eigenvalue weighted by Gasteiger charge is -2.25. The van der Waals surface area contributed by atoms with Gasteiger partial charge in [-0.25, -0.2) is 9.79 Å². The molecular formula is C28H24N2O4S. The van der Waals surface area contributed by atoms with Gasteiger partial charge in [-0.05, 0) is 42.3 Å². The minimum atomic E-state index is -0.656. The van der Waals surface area contributed by atoms with Gasteiger partial charge in [0.1, 0.15) is 5.75 Å². The van der Waals surface area contributed by atoms with E-state index in [4.69, 9.17) is 9.47 Å². The molecule has 1 atom stereocenters. The number of benzene rings is 3. The summed E-state index contributed by atoms with van der Waals surface area (Å²) in [5.41, 5.74) is 2.35. The second kappa shape index (κ2) is 9.35. The molecule has 176 valence electrons. The summed E-state index contributed by atoms with van der Waals surface area (Å²) in [6.45, 7) is 3.79.